The van der Waals surface area contributed by atoms with Crippen molar-refractivity contribution >= 4 is 16.9 Å². The molecule has 2 aliphatic rings. The summed E-state index contributed by atoms with van der Waals surface area (Å²) in [7, 11) is 1.70. The zero-order valence-corrected chi connectivity index (χ0v) is 19.5. The fourth-order valence-corrected chi connectivity index (χ4v) is 6.08. The van der Waals surface area contributed by atoms with Crippen LogP contribution in [0.4, 0.5) is 0 Å². The van der Waals surface area contributed by atoms with Gasteiger partial charge in [0.25, 0.3) is 0 Å². The second-order valence-corrected chi connectivity index (χ2v) is 9.79. The molecule has 0 spiro atoms. The number of aromatic nitrogens is 2. The molecule has 0 aliphatic carbocycles. The molecule has 1 fully saturated rings. The Bertz CT molecular complexity index is 1140. The third kappa shape index (κ3) is 3.24. The van der Waals surface area contributed by atoms with Crippen LogP contribution in [0.25, 0.3) is 5.69 Å². The van der Waals surface area contributed by atoms with Gasteiger partial charge in [0.2, 0.25) is 0 Å². The van der Waals surface area contributed by atoms with Crippen LogP contribution in [-0.2, 0) is 0 Å². The number of pyridine rings is 1. The summed E-state index contributed by atoms with van der Waals surface area (Å²) in [6.07, 6.45) is 1.87. The molecule has 5 nitrogen and oxygen atoms in total. The van der Waals surface area contributed by atoms with E-state index in [1.165, 1.54) is 22.5 Å². The molecule has 3 atom stereocenters. The third-order valence-electron chi connectivity index (χ3n) is 6.51. The minimum atomic E-state index is 0.0136. The number of rotatable bonds is 4. The van der Waals surface area contributed by atoms with Gasteiger partial charge in [0.05, 0.1) is 18.8 Å². The molecule has 0 saturated carbocycles. The van der Waals surface area contributed by atoms with Crippen molar-refractivity contribution in [2.24, 2.45) is 4.99 Å². The molecule has 0 radical (unpaired) electrons. The molecule has 0 N–H and O–H groups in total. The van der Waals surface area contributed by atoms with Gasteiger partial charge < -0.3 is 14.2 Å². The summed E-state index contributed by atoms with van der Waals surface area (Å²) in [6, 6.07) is 14.6. The molecular formula is C25H28N4OS. The predicted molar refractivity (Wildman–Crippen MR) is 127 cm³/mol. The number of benzene rings is 1. The van der Waals surface area contributed by atoms with Crippen molar-refractivity contribution in [3.63, 3.8) is 0 Å². The molecule has 2 aliphatic heterocycles. The molecule has 0 bridgehead atoms. The average Bonchev–Trinajstić information content (AvgIpc) is 3.38. The Hall–Kier alpha value is -2.73. The van der Waals surface area contributed by atoms with Gasteiger partial charge in [-0.3, -0.25) is 9.98 Å². The van der Waals surface area contributed by atoms with Crippen LogP contribution in [0.1, 0.15) is 47.2 Å². The SMILES string of the molecule is COc1ccc(-n2c(C)c(C)c([C@@H]3[C@@H](c4ccccn4)N=C4S[C@H](C)CN43)c2C)cc1. The number of ether oxygens (including phenoxy) is 1. The fraction of sp³-hybridized carbons (Fsp3) is 0.360. The van der Waals surface area contributed by atoms with Crippen LogP contribution in [0.2, 0.25) is 0 Å². The van der Waals surface area contributed by atoms with E-state index in [2.05, 4.69) is 66.4 Å². The Morgan fingerprint density at radius 1 is 1.03 bits per heavy atom. The Labute approximate surface area is 188 Å². The standard InChI is InChI=1S/C25H28N4OS/c1-15-14-28-24(23(27-25(28)31-15)21-8-6-7-13-26-21)22-16(2)17(3)29(18(22)4)19-9-11-20(30-5)12-10-19/h6-13,15,23-24H,14H2,1-5H3/t15-,23-,24-/m1/s1. The third-order valence-corrected chi connectivity index (χ3v) is 7.62. The van der Waals surface area contributed by atoms with E-state index >= 15 is 0 Å². The van der Waals surface area contributed by atoms with Crippen LogP contribution in [0, 0.1) is 20.8 Å². The fourth-order valence-electron chi connectivity index (χ4n) is 4.99. The monoisotopic (exact) mass is 432 g/mol. The van der Waals surface area contributed by atoms with Crippen LogP contribution < -0.4 is 4.74 Å². The van der Waals surface area contributed by atoms with E-state index in [1.54, 1.807) is 7.11 Å². The van der Waals surface area contributed by atoms with Crippen molar-refractivity contribution in [2.75, 3.05) is 13.7 Å². The van der Waals surface area contributed by atoms with Gasteiger partial charge in [-0.2, -0.15) is 0 Å². The zero-order chi connectivity index (χ0) is 21.7. The largest absolute Gasteiger partial charge is 0.497 e. The van der Waals surface area contributed by atoms with E-state index in [1.807, 2.05) is 36.2 Å². The van der Waals surface area contributed by atoms with Crippen molar-refractivity contribution in [1.29, 1.82) is 0 Å². The van der Waals surface area contributed by atoms with Crippen molar-refractivity contribution in [1.82, 2.24) is 14.5 Å². The van der Waals surface area contributed by atoms with Crippen LogP contribution >= 0.6 is 11.8 Å². The molecule has 2 aromatic heterocycles. The number of aliphatic imine (C=N–C) groups is 1. The Kier molecular flexibility index (Phi) is 5.05. The summed E-state index contributed by atoms with van der Waals surface area (Å²) in [5.74, 6) is 0.871. The molecule has 1 saturated heterocycles. The molecular weight excluding hydrogens is 404 g/mol. The Balaban J connectivity index is 1.64. The van der Waals surface area contributed by atoms with Crippen molar-refractivity contribution in [2.45, 2.75) is 45.0 Å². The summed E-state index contributed by atoms with van der Waals surface area (Å²) >= 11 is 1.88. The minimum Gasteiger partial charge on any atom is -0.497 e. The second kappa shape index (κ2) is 7.75. The Morgan fingerprint density at radius 2 is 1.81 bits per heavy atom. The lowest BCUT2D eigenvalue weighted by Gasteiger charge is -2.28. The molecule has 0 unspecified atom stereocenters. The molecule has 160 valence electrons. The van der Waals surface area contributed by atoms with Crippen LogP contribution in [0.15, 0.2) is 53.7 Å². The molecule has 5 rings (SSSR count). The summed E-state index contributed by atoms with van der Waals surface area (Å²) in [5, 5.41) is 1.71. The average molecular weight is 433 g/mol. The lowest BCUT2D eigenvalue weighted by atomic mass is 9.93. The predicted octanol–water partition coefficient (Wildman–Crippen LogP) is 5.40. The first-order valence-corrected chi connectivity index (χ1v) is 11.6. The van der Waals surface area contributed by atoms with Crippen molar-refractivity contribution < 1.29 is 4.74 Å². The maximum atomic E-state index is 5.36. The number of hydrogen-bond acceptors (Lipinski definition) is 5. The molecule has 3 aromatic rings. The zero-order valence-electron chi connectivity index (χ0n) is 18.7. The molecule has 0 amide bonds. The highest BCUT2D eigenvalue weighted by Gasteiger charge is 2.45. The minimum absolute atomic E-state index is 0.0136. The second-order valence-electron chi connectivity index (χ2n) is 8.38. The van der Waals surface area contributed by atoms with Gasteiger partial charge in [-0.05, 0) is 62.7 Å². The van der Waals surface area contributed by atoms with E-state index in [4.69, 9.17) is 9.73 Å². The normalized spacial score (nSPS) is 22.5. The lowest BCUT2D eigenvalue weighted by molar-refractivity contribution is 0.319. The maximum Gasteiger partial charge on any atom is 0.160 e. The maximum absolute atomic E-state index is 5.36. The molecule has 1 aromatic carbocycles. The van der Waals surface area contributed by atoms with E-state index < -0.39 is 0 Å². The summed E-state index contributed by atoms with van der Waals surface area (Å²) in [5.41, 5.74) is 7.44. The number of nitrogens with zero attached hydrogens (tertiary/aromatic N) is 4. The summed E-state index contributed by atoms with van der Waals surface area (Å²) < 4.78 is 7.72. The van der Waals surface area contributed by atoms with Gasteiger partial charge >= 0.3 is 0 Å². The number of fused-ring (bicyclic) bond motifs is 1. The highest BCUT2D eigenvalue weighted by Crippen LogP contribution is 2.50. The molecule has 4 heterocycles. The number of methoxy groups -OCH3 is 1. The van der Waals surface area contributed by atoms with Crippen LogP contribution in [0.5, 0.6) is 5.75 Å². The van der Waals surface area contributed by atoms with Crippen molar-refractivity contribution in [3.8, 4) is 11.4 Å². The highest BCUT2D eigenvalue weighted by atomic mass is 32.2. The van der Waals surface area contributed by atoms with Crippen molar-refractivity contribution in [3.05, 3.63) is 76.9 Å². The van der Waals surface area contributed by atoms with Gasteiger partial charge in [-0.15, -0.1) is 0 Å². The van der Waals surface area contributed by atoms with Gasteiger partial charge in [0.15, 0.2) is 5.17 Å². The molecule has 31 heavy (non-hydrogen) atoms. The van der Waals surface area contributed by atoms with Gasteiger partial charge in [-0.1, -0.05) is 24.8 Å². The summed E-state index contributed by atoms with van der Waals surface area (Å²) in [6.45, 7) is 10.00. The first-order chi connectivity index (χ1) is 15.0. The topological polar surface area (TPSA) is 42.6 Å². The van der Waals surface area contributed by atoms with E-state index in [9.17, 15) is 0 Å². The van der Waals surface area contributed by atoms with E-state index in [0.29, 0.717) is 5.25 Å². The quantitative estimate of drug-likeness (QED) is 0.554. The van der Waals surface area contributed by atoms with E-state index in [-0.39, 0.29) is 12.1 Å². The first kappa shape index (κ1) is 20.2. The van der Waals surface area contributed by atoms with Gasteiger partial charge in [-0.25, -0.2) is 0 Å². The number of amidine groups is 1. The first-order valence-electron chi connectivity index (χ1n) is 10.7. The van der Waals surface area contributed by atoms with Crippen LogP contribution in [-0.4, -0.2) is 38.5 Å². The van der Waals surface area contributed by atoms with Gasteiger partial charge in [0, 0.05) is 40.6 Å². The van der Waals surface area contributed by atoms with E-state index in [0.717, 1.165) is 28.8 Å². The Morgan fingerprint density at radius 3 is 2.48 bits per heavy atom. The highest BCUT2D eigenvalue weighted by molar-refractivity contribution is 8.14. The smallest absolute Gasteiger partial charge is 0.160 e. The van der Waals surface area contributed by atoms with Crippen LogP contribution in [0.3, 0.4) is 0 Å². The number of hydrogen-bond donors (Lipinski definition) is 0. The number of thioether (sulfide) groups is 1. The summed E-state index contributed by atoms with van der Waals surface area (Å²) in [4.78, 5) is 12.3. The molecule has 6 heteroatoms. The van der Waals surface area contributed by atoms with Gasteiger partial charge in [0.1, 0.15) is 11.8 Å². The lowest BCUT2D eigenvalue weighted by Crippen LogP contribution is -2.29.